The van der Waals surface area contributed by atoms with Gasteiger partial charge < -0.3 is 14.6 Å². The molecule has 0 bridgehead atoms. The van der Waals surface area contributed by atoms with Gasteiger partial charge in [-0.2, -0.15) is 30.7 Å². The molecule has 2 atom stereocenters. The van der Waals surface area contributed by atoms with Crippen LogP contribution >= 0.6 is 0 Å². The van der Waals surface area contributed by atoms with Gasteiger partial charge in [0, 0.05) is 12.2 Å². The van der Waals surface area contributed by atoms with Crippen LogP contribution in [0.2, 0.25) is 0 Å². The van der Waals surface area contributed by atoms with Gasteiger partial charge >= 0.3 is 24.4 Å². The fourth-order valence-corrected chi connectivity index (χ4v) is 4.06. The maximum Gasteiger partial charge on any atom is 0.463 e. The van der Waals surface area contributed by atoms with Gasteiger partial charge in [0.2, 0.25) is 5.89 Å². The molecule has 2 unspecified atom stereocenters. The van der Waals surface area contributed by atoms with Crippen LogP contribution in [0.3, 0.4) is 0 Å². The Morgan fingerprint density at radius 3 is 2.50 bits per heavy atom. The number of rotatable bonds is 5. The van der Waals surface area contributed by atoms with E-state index >= 15 is 0 Å². The summed E-state index contributed by atoms with van der Waals surface area (Å²) >= 11 is 0. The third kappa shape index (κ3) is 4.18. The largest absolute Gasteiger partial charge is 0.463 e. The van der Waals surface area contributed by atoms with Gasteiger partial charge in [0.15, 0.2) is 0 Å². The van der Waals surface area contributed by atoms with Crippen molar-refractivity contribution in [2.24, 2.45) is 0 Å². The Morgan fingerprint density at radius 2 is 1.85 bits per heavy atom. The van der Waals surface area contributed by atoms with E-state index in [-0.39, 0.29) is 42.1 Å². The molecule has 1 aliphatic heterocycles. The van der Waals surface area contributed by atoms with Gasteiger partial charge in [0.25, 0.3) is 11.8 Å². The number of nitrogens with zero attached hydrogens (tertiary/aromatic N) is 4. The third-order valence-corrected chi connectivity index (χ3v) is 5.74. The maximum atomic E-state index is 13.4. The average molecular weight is 495 g/mol. The van der Waals surface area contributed by atoms with E-state index in [4.69, 9.17) is 4.42 Å². The molecule has 15 heteroatoms. The molecule has 0 saturated heterocycles. The fourth-order valence-electron chi connectivity index (χ4n) is 4.06. The highest BCUT2D eigenvalue weighted by molar-refractivity contribution is 5.99. The second-order valence-electron chi connectivity index (χ2n) is 7.90. The van der Waals surface area contributed by atoms with E-state index < -0.39 is 48.3 Å². The Morgan fingerprint density at radius 1 is 1.15 bits per heavy atom. The molecule has 1 aliphatic carbocycles. The molecule has 2 aromatic heterocycles. The summed E-state index contributed by atoms with van der Waals surface area (Å²) in [4.78, 5) is 30.1. The van der Waals surface area contributed by atoms with Crippen molar-refractivity contribution >= 4 is 11.8 Å². The second-order valence-corrected chi connectivity index (χ2v) is 7.90. The Hall–Kier alpha value is -3.26. The van der Waals surface area contributed by atoms with Crippen LogP contribution < -0.4 is 5.32 Å². The van der Waals surface area contributed by atoms with Crippen LogP contribution in [0, 0.1) is 0 Å². The molecular weight excluding hydrogens is 479 g/mol. The predicted octanol–water partition coefficient (Wildman–Crippen LogP) is 3.65. The maximum absolute atomic E-state index is 13.4. The van der Waals surface area contributed by atoms with Crippen molar-refractivity contribution in [3.8, 4) is 11.5 Å². The standard InChI is InChI=1S/C19H16F7N5O3/c20-13(21)15-30-29-14(34-15)8-5-9-11(27-6-8)7-31(16(9)32)12-4-2-1-3-10(12)28-17(33)18(22,23)19(24,25)26/h5-6,10,12-13H,1-4,7H2,(H,28,33). The number of nitrogens with one attached hydrogen (secondary N) is 1. The number of carbonyl (C=O) groups is 2. The van der Waals surface area contributed by atoms with Gasteiger partial charge in [-0.05, 0) is 18.9 Å². The monoisotopic (exact) mass is 495 g/mol. The SMILES string of the molecule is O=C1c2cc(-c3nnc(C(F)F)o3)cnc2CN1C1CCCCC1NC(=O)C(F)(F)C(F)(F)F. The molecule has 8 nitrogen and oxygen atoms in total. The van der Waals surface area contributed by atoms with E-state index in [1.807, 2.05) is 0 Å². The Labute approximate surface area is 186 Å². The van der Waals surface area contributed by atoms with E-state index in [1.54, 1.807) is 5.32 Å². The number of alkyl halides is 7. The molecule has 0 spiro atoms. The second kappa shape index (κ2) is 8.51. The lowest BCUT2D eigenvalue weighted by molar-refractivity contribution is -0.270. The first kappa shape index (κ1) is 23.9. The predicted molar refractivity (Wildman–Crippen MR) is 97.5 cm³/mol. The van der Waals surface area contributed by atoms with E-state index in [1.165, 1.54) is 17.2 Å². The summed E-state index contributed by atoms with van der Waals surface area (Å²) in [6, 6.07) is -0.681. The highest BCUT2D eigenvalue weighted by Gasteiger charge is 2.63. The summed E-state index contributed by atoms with van der Waals surface area (Å²) in [7, 11) is 0. The van der Waals surface area contributed by atoms with Crippen LogP contribution in [0.5, 0.6) is 0 Å². The lowest BCUT2D eigenvalue weighted by Gasteiger charge is -2.38. The zero-order valence-electron chi connectivity index (χ0n) is 17.1. The van der Waals surface area contributed by atoms with Crippen molar-refractivity contribution in [3.05, 3.63) is 29.4 Å². The van der Waals surface area contributed by atoms with Crippen LogP contribution in [0.4, 0.5) is 30.7 Å². The van der Waals surface area contributed by atoms with Crippen molar-refractivity contribution in [1.82, 2.24) is 25.4 Å². The summed E-state index contributed by atoms with van der Waals surface area (Å²) in [6.45, 7) is -0.0761. The van der Waals surface area contributed by atoms with Crippen LogP contribution in [0.15, 0.2) is 16.7 Å². The summed E-state index contributed by atoms with van der Waals surface area (Å²) in [5.74, 6) is -9.88. The van der Waals surface area contributed by atoms with Gasteiger partial charge in [-0.1, -0.05) is 12.8 Å². The number of aromatic nitrogens is 3. The summed E-state index contributed by atoms with van der Waals surface area (Å²) in [5.41, 5.74) is 0.427. The van der Waals surface area contributed by atoms with E-state index in [0.29, 0.717) is 12.8 Å². The molecule has 34 heavy (non-hydrogen) atoms. The number of pyridine rings is 1. The van der Waals surface area contributed by atoms with Gasteiger partial charge in [-0.15, -0.1) is 10.2 Å². The zero-order chi connectivity index (χ0) is 24.8. The van der Waals surface area contributed by atoms with Gasteiger partial charge in [-0.25, -0.2) is 0 Å². The third-order valence-electron chi connectivity index (χ3n) is 5.74. The van der Waals surface area contributed by atoms with E-state index in [0.717, 1.165) is 0 Å². The number of halogens is 7. The van der Waals surface area contributed by atoms with Gasteiger partial charge in [0.05, 0.1) is 29.4 Å². The van der Waals surface area contributed by atoms with Crippen molar-refractivity contribution in [2.75, 3.05) is 0 Å². The Bertz CT molecular complexity index is 1100. The number of hydrogen-bond acceptors (Lipinski definition) is 6. The lowest BCUT2D eigenvalue weighted by Crippen LogP contribution is -2.59. The smallest absolute Gasteiger partial charge is 0.415 e. The molecule has 0 radical (unpaired) electrons. The molecule has 4 rings (SSSR count). The molecule has 184 valence electrons. The average Bonchev–Trinajstić information content (AvgIpc) is 3.39. The minimum absolute atomic E-state index is 0.0607. The number of amides is 2. The molecule has 1 saturated carbocycles. The zero-order valence-corrected chi connectivity index (χ0v) is 17.1. The molecular formula is C19H16F7N5O3. The van der Waals surface area contributed by atoms with Crippen LogP contribution in [-0.4, -0.2) is 56.1 Å². The molecule has 1 fully saturated rings. The van der Waals surface area contributed by atoms with Crippen molar-refractivity contribution in [2.45, 2.75) is 62.8 Å². The first-order chi connectivity index (χ1) is 15.9. The quantitative estimate of drug-likeness (QED) is 0.636. The lowest BCUT2D eigenvalue weighted by atomic mass is 9.89. The molecule has 2 aromatic rings. The molecule has 1 N–H and O–H groups in total. The first-order valence-electron chi connectivity index (χ1n) is 10.1. The van der Waals surface area contributed by atoms with Crippen molar-refractivity contribution in [3.63, 3.8) is 0 Å². The van der Waals surface area contributed by atoms with Crippen molar-refractivity contribution in [1.29, 1.82) is 0 Å². The summed E-state index contributed by atoms with van der Waals surface area (Å²) < 4.78 is 94.8. The Kier molecular flexibility index (Phi) is 5.97. The van der Waals surface area contributed by atoms with Crippen LogP contribution in [0.1, 0.15) is 54.1 Å². The molecule has 0 aromatic carbocycles. The minimum atomic E-state index is -6.06. The number of fused-ring (bicyclic) bond motifs is 1. The number of carbonyl (C=O) groups excluding carboxylic acids is 2. The van der Waals surface area contributed by atoms with Crippen molar-refractivity contribution < 1.29 is 44.7 Å². The number of hydrogen-bond donors (Lipinski definition) is 1. The van der Waals surface area contributed by atoms with Gasteiger partial charge in [0.1, 0.15) is 0 Å². The molecule has 2 amide bonds. The van der Waals surface area contributed by atoms with Gasteiger partial charge in [-0.3, -0.25) is 14.6 Å². The summed E-state index contributed by atoms with van der Waals surface area (Å²) in [5, 5.41) is 8.44. The minimum Gasteiger partial charge on any atom is -0.415 e. The normalized spacial score (nSPS) is 21.2. The van der Waals surface area contributed by atoms with Crippen LogP contribution in [-0.2, 0) is 11.3 Å². The summed E-state index contributed by atoms with van der Waals surface area (Å²) in [6.07, 6.45) is -6.45. The van der Waals surface area contributed by atoms with E-state index in [9.17, 15) is 40.3 Å². The fraction of sp³-hybridized carbons (Fsp3) is 0.526. The first-order valence-corrected chi connectivity index (χ1v) is 10.1. The van der Waals surface area contributed by atoms with E-state index in [2.05, 4.69) is 15.2 Å². The Balaban J connectivity index is 1.54. The molecule has 2 aliphatic rings. The topological polar surface area (TPSA) is 101 Å². The molecule has 3 heterocycles. The van der Waals surface area contributed by atoms with Crippen LogP contribution in [0.25, 0.3) is 11.5 Å². The highest BCUT2D eigenvalue weighted by atomic mass is 19.4. The highest BCUT2D eigenvalue weighted by Crippen LogP contribution is 2.37.